The van der Waals surface area contributed by atoms with Crippen molar-refractivity contribution < 1.29 is 33.7 Å². The molecule has 2 amide bonds. The van der Waals surface area contributed by atoms with Gasteiger partial charge in [0.05, 0.1) is 21.3 Å². The van der Waals surface area contributed by atoms with Gasteiger partial charge >= 0.3 is 5.97 Å². The molecule has 0 spiro atoms. The second-order valence-electron chi connectivity index (χ2n) is 6.57. The summed E-state index contributed by atoms with van der Waals surface area (Å²) in [6.07, 6.45) is 0.0917. The van der Waals surface area contributed by atoms with Crippen LogP contribution < -0.4 is 24.8 Å². The number of carboxylic acid groups (broad SMARTS) is 1. The van der Waals surface area contributed by atoms with Crippen LogP contribution in [0.3, 0.4) is 0 Å². The number of benzene rings is 2. The number of carboxylic acids is 1. The molecular formula is C22H26N2O7. The quantitative estimate of drug-likeness (QED) is 0.495. The van der Waals surface area contributed by atoms with Gasteiger partial charge in [-0.15, -0.1) is 0 Å². The van der Waals surface area contributed by atoms with Crippen LogP contribution in [0.5, 0.6) is 17.2 Å². The lowest BCUT2D eigenvalue weighted by molar-refractivity contribution is -0.141. The fraction of sp³-hybridized carbons (Fsp3) is 0.318. The Morgan fingerprint density at radius 1 is 0.968 bits per heavy atom. The Hall–Kier alpha value is -3.75. The molecule has 0 aromatic heterocycles. The molecule has 0 aliphatic heterocycles. The van der Waals surface area contributed by atoms with Crippen LogP contribution in [0.15, 0.2) is 42.5 Å². The second-order valence-corrected chi connectivity index (χ2v) is 6.57. The molecule has 2 aromatic rings. The van der Waals surface area contributed by atoms with Crippen molar-refractivity contribution in [1.29, 1.82) is 0 Å². The van der Waals surface area contributed by atoms with E-state index in [1.165, 1.54) is 33.5 Å². The van der Waals surface area contributed by atoms with Gasteiger partial charge in [0.1, 0.15) is 6.04 Å². The van der Waals surface area contributed by atoms with Crippen LogP contribution in [-0.4, -0.2) is 56.8 Å². The molecule has 0 radical (unpaired) electrons. The van der Waals surface area contributed by atoms with Gasteiger partial charge in [0.15, 0.2) is 11.5 Å². The van der Waals surface area contributed by atoms with Crippen LogP contribution in [0.1, 0.15) is 22.3 Å². The summed E-state index contributed by atoms with van der Waals surface area (Å²) in [5.41, 5.74) is 1.06. The second kappa shape index (κ2) is 11.4. The third-order valence-corrected chi connectivity index (χ3v) is 4.48. The lowest BCUT2D eigenvalue weighted by Crippen LogP contribution is -2.43. The number of rotatable bonds is 11. The van der Waals surface area contributed by atoms with E-state index in [9.17, 15) is 19.5 Å². The Morgan fingerprint density at radius 3 is 2.10 bits per heavy atom. The third-order valence-electron chi connectivity index (χ3n) is 4.48. The van der Waals surface area contributed by atoms with Gasteiger partial charge in [-0.25, -0.2) is 4.79 Å². The number of amides is 2. The molecule has 9 heteroatoms. The minimum Gasteiger partial charge on any atom is -0.493 e. The number of carbonyl (C=O) groups is 3. The highest BCUT2D eigenvalue weighted by molar-refractivity contribution is 5.96. The summed E-state index contributed by atoms with van der Waals surface area (Å²) in [7, 11) is 4.34. The fourth-order valence-electron chi connectivity index (χ4n) is 2.92. The average molecular weight is 430 g/mol. The van der Waals surface area contributed by atoms with Gasteiger partial charge in [0.2, 0.25) is 11.7 Å². The number of methoxy groups -OCH3 is 3. The number of hydrogen-bond donors (Lipinski definition) is 3. The Balaban J connectivity index is 1.92. The molecule has 0 bridgehead atoms. The molecule has 0 aliphatic carbocycles. The molecule has 166 valence electrons. The highest BCUT2D eigenvalue weighted by Gasteiger charge is 2.21. The van der Waals surface area contributed by atoms with E-state index in [0.717, 1.165) is 5.56 Å². The predicted octanol–water partition coefficient (Wildman–Crippen LogP) is 1.64. The SMILES string of the molecule is COc1cc(C(=O)NCCC(=O)N[C@@H](Cc2ccccc2)C(=O)O)cc(OC)c1OC. The minimum absolute atomic E-state index is 0.0268. The summed E-state index contributed by atoms with van der Waals surface area (Å²) in [5, 5.41) is 14.5. The van der Waals surface area contributed by atoms with Crippen LogP contribution in [0.4, 0.5) is 0 Å². The summed E-state index contributed by atoms with van der Waals surface area (Å²) in [6.45, 7) is 0.0268. The number of hydrogen-bond acceptors (Lipinski definition) is 6. The molecular weight excluding hydrogens is 404 g/mol. The van der Waals surface area contributed by atoms with Crippen molar-refractivity contribution in [1.82, 2.24) is 10.6 Å². The molecule has 2 aromatic carbocycles. The van der Waals surface area contributed by atoms with E-state index in [-0.39, 0.29) is 24.9 Å². The van der Waals surface area contributed by atoms with E-state index in [1.807, 2.05) is 6.07 Å². The maximum Gasteiger partial charge on any atom is 0.326 e. The zero-order valence-electron chi connectivity index (χ0n) is 17.6. The first kappa shape index (κ1) is 23.5. The molecule has 0 heterocycles. The Morgan fingerprint density at radius 2 is 1.58 bits per heavy atom. The van der Waals surface area contributed by atoms with E-state index < -0.39 is 23.8 Å². The molecule has 0 unspecified atom stereocenters. The van der Waals surface area contributed by atoms with Crippen molar-refractivity contribution in [3.05, 3.63) is 53.6 Å². The largest absolute Gasteiger partial charge is 0.493 e. The van der Waals surface area contributed by atoms with Gasteiger partial charge in [-0.3, -0.25) is 9.59 Å². The summed E-state index contributed by atoms with van der Waals surface area (Å²) < 4.78 is 15.7. The topological polar surface area (TPSA) is 123 Å². The molecule has 9 nitrogen and oxygen atoms in total. The van der Waals surface area contributed by atoms with Gasteiger partial charge in [-0.1, -0.05) is 30.3 Å². The number of carbonyl (C=O) groups excluding carboxylic acids is 2. The fourth-order valence-corrected chi connectivity index (χ4v) is 2.92. The van der Waals surface area contributed by atoms with Crippen molar-refractivity contribution >= 4 is 17.8 Å². The highest BCUT2D eigenvalue weighted by Crippen LogP contribution is 2.38. The lowest BCUT2D eigenvalue weighted by Gasteiger charge is -2.15. The highest BCUT2D eigenvalue weighted by atomic mass is 16.5. The van der Waals surface area contributed by atoms with Crippen LogP contribution in [0, 0.1) is 0 Å². The molecule has 0 saturated heterocycles. The van der Waals surface area contributed by atoms with Gasteiger partial charge in [0, 0.05) is 24.9 Å². The normalized spacial score (nSPS) is 11.2. The summed E-state index contributed by atoms with van der Waals surface area (Å²) >= 11 is 0. The number of nitrogens with one attached hydrogen (secondary N) is 2. The van der Waals surface area contributed by atoms with Gasteiger partial charge in [-0.2, -0.15) is 0 Å². The van der Waals surface area contributed by atoms with Crippen LogP contribution in [0.25, 0.3) is 0 Å². The standard InChI is InChI=1S/C22H26N2O7/c1-29-17-12-15(13-18(30-2)20(17)31-3)21(26)23-10-9-19(25)24-16(22(27)28)11-14-7-5-4-6-8-14/h4-8,12-13,16H,9-11H2,1-3H3,(H,23,26)(H,24,25)(H,27,28)/t16-/m0/s1. The van der Waals surface area contributed by atoms with Crippen molar-refractivity contribution in [2.75, 3.05) is 27.9 Å². The Kier molecular flexibility index (Phi) is 8.68. The van der Waals surface area contributed by atoms with Crippen LogP contribution in [-0.2, 0) is 16.0 Å². The van der Waals surface area contributed by atoms with E-state index >= 15 is 0 Å². The molecule has 3 N–H and O–H groups in total. The summed E-state index contributed by atoms with van der Waals surface area (Å²) in [6, 6.07) is 11.0. The lowest BCUT2D eigenvalue weighted by atomic mass is 10.1. The first-order chi connectivity index (χ1) is 14.9. The Bertz CT molecular complexity index is 890. The van der Waals surface area contributed by atoms with Gasteiger partial charge in [0.25, 0.3) is 5.91 Å². The molecule has 2 rings (SSSR count). The zero-order valence-corrected chi connectivity index (χ0v) is 17.6. The average Bonchev–Trinajstić information content (AvgIpc) is 2.77. The molecule has 31 heavy (non-hydrogen) atoms. The summed E-state index contributed by atoms with van der Waals surface area (Å²) in [4.78, 5) is 36.1. The molecule has 0 fully saturated rings. The number of aliphatic carboxylic acids is 1. The predicted molar refractivity (Wildman–Crippen MR) is 113 cm³/mol. The first-order valence-electron chi connectivity index (χ1n) is 9.53. The van der Waals surface area contributed by atoms with E-state index in [2.05, 4.69) is 10.6 Å². The van der Waals surface area contributed by atoms with Crippen molar-refractivity contribution in [2.45, 2.75) is 18.9 Å². The smallest absolute Gasteiger partial charge is 0.326 e. The van der Waals surface area contributed by atoms with Gasteiger partial charge in [-0.05, 0) is 17.7 Å². The monoisotopic (exact) mass is 430 g/mol. The minimum atomic E-state index is -1.13. The third kappa shape index (κ3) is 6.63. The maximum absolute atomic E-state index is 12.4. The van der Waals surface area contributed by atoms with Crippen LogP contribution in [0.2, 0.25) is 0 Å². The number of ether oxygens (including phenoxy) is 3. The van der Waals surface area contributed by atoms with E-state index in [0.29, 0.717) is 17.2 Å². The first-order valence-corrected chi connectivity index (χ1v) is 9.53. The maximum atomic E-state index is 12.4. The van der Waals surface area contributed by atoms with E-state index in [4.69, 9.17) is 14.2 Å². The van der Waals surface area contributed by atoms with Crippen molar-refractivity contribution in [3.63, 3.8) is 0 Å². The van der Waals surface area contributed by atoms with Crippen LogP contribution >= 0.6 is 0 Å². The molecule has 1 atom stereocenters. The van der Waals surface area contributed by atoms with E-state index in [1.54, 1.807) is 24.3 Å². The zero-order chi connectivity index (χ0) is 22.8. The van der Waals surface area contributed by atoms with Gasteiger partial charge < -0.3 is 30.0 Å². The van der Waals surface area contributed by atoms with Crippen molar-refractivity contribution in [3.8, 4) is 17.2 Å². The summed E-state index contributed by atoms with van der Waals surface area (Å²) in [5.74, 6) is -1.03. The molecule has 0 aliphatic rings. The van der Waals surface area contributed by atoms with Crippen molar-refractivity contribution in [2.24, 2.45) is 0 Å². The Labute approximate surface area is 180 Å². The molecule has 0 saturated carbocycles.